The van der Waals surface area contributed by atoms with Crippen LogP contribution >= 0.6 is 11.6 Å². The Balaban J connectivity index is 1.81. The van der Waals surface area contributed by atoms with Gasteiger partial charge in [-0.3, -0.25) is 0 Å². The molecular formula is C22H27ClO5. The van der Waals surface area contributed by atoms with E-state index in [1.165, 1.54) is 0 Å². The quantitative estimate of drug-likeness (QED) is 0.537. The number of hydrogen-bond acceptors (Lipinski definition) is 4. The van der Waals surface area contributed by atoms with Crippen LogP contribution in [0, 0.1) is 6.92 Å². The molecule has 2 aromatic carbocycles. The van der Waals surface area contributed by atoms with E-state index in [1.807, 2.05) is 63.2 Å². The van der Waals surface area contributed by atoms with Crippen molar-refractivity contribution >= 4 is 17.6 Å². The van der Waals surface area contributed by atoms with Crippen molar-refractivity contribution in [3.8, 4) is 11.5 Å². The lowest BCUT2D eigenvalue weighted by molar-refractivity contribution is -0.153. The number of hydrogen-bond donors (Lipinski definition) is 1. The van der Waals surface area contributed by atoms with Crippen LogP contribution in [0.3, 0.4) is 0 Å². The summed E-state index contributed by atoms with van der Waals surface area (Å²) >= 11 is 6.11. The Kier molecular flexibility index (Phi) is 8.61. The highest BCUT2D eigenvalue weighted by molar-refractivity contribution is 6.32. The molecule has 1 N–H and O–H groups in total. The van der Waals surface area contributed by atoms with Crippen LogP contribution in [0.5, 0.6) is 11.5 Å². The SMILES string of the molecule is Cc1ccc(Cl)c(OCCCOc2cccc(C[C@H](OC(C)C)C(=O)O)c2)c1. The second-order valence-corrected chi connectivity index (χ2v) is 7.25. The second-order valence-electron chi connectivity index (χ2n) is 6.85. The molecule has 0 radical (unpaired) electrons. The van der Waals surface area contributed by atoms with E-state index in [0.717, 1.165) is 11.1 Å². The molecule has 2 aromatic rings. The smallest absolute Gasteiger partial charge is 0.333 e. The first-order chi connectivity index (χ1) is 13.3. The largest absolute Gasteiger partial charge is 0.493 e. The lowest BCUT2D eigenvalue weighted by Crippen LogP contribution is -2.29. The average Bonchev–Trinajstić information content (AvgIpc) is 2.63. The lowest BCUT2D eigenvalue weighted by Gasteiger charge is -2.17. The predicted molar refractivity (Wildman–Crippen MR) is 110 cm³/mol. The zero-order valence-electron chi connectivity index (χ0n) is 16.5. The summed E-state index contributed by atoms with van der Waals surface area (Å²) in [5.41, 5.74) is 1.95. The third kappa shape index (κ3) is 7.41. The molecule has 2 rings (SSSR count). The predicted octanol–water partition coefficient (Wildman–Crippen LogP) is 4.92. The number of carboxylic acids is 1. The van der Waals surface area contributed by atoms with Crippen LogP contribution in [-0.2, 0) is 16.0 Å². The highest BCUT2D eigenvalue weighted by atomic mass is 35.5. The fourth-order valence-electron chi connectivity index (χ4n) is 2.65. The number of rotatable bonds is 11. The van der Waals surface area contributed by atoms with Crippen molar-refractivity contribution in [1.82, 2.24) is 0 Å². The van der Waals surface area contributed by atoms with Gasteiger partial charge in [0.2, 0.25) is 0 Å². The number of aryl methyl sites for hydroxylation is 1. The molecule has 1 atom stereocenters. The van der Waals surface area contributed by atoms with Crippen molar-refractivity contribution < 1.29 is 24.1 Å². The molecule has 6 heteroatoms. The van der Waals surface area contributed by atoms with Crippen LogP contribution in [0.25, 0.3) is 0 Å². The highest BCUT2D eigenvalue weighted by Gasteiger charge is 2.20. The van der Waals surface area contributed by atoms with E-state index in [4.69, 9.17) is 25.8 Å². The summed E-state index contributed by atoms with van der Waals surface area (Å²) in [5.74, 6) is 0.403. The molecular weight excluding hydrogens is 380 g/mol. The first-order valence-electron chi connectivity index (χ1n) is 9.34. The van der Waals surface area contributed by atoms with Gasteiger partial charge in [-0.2, -0.15) is 0 Å². The number of carbonyl (C=O) groups is 1. The minimum absolute atomic E-state index is 0.151. The monoisotopic (exact) mass is 406 g/mol. The van der Waals surface area contributed by atoms with Crippen LogP contribution in [0.4, 0.5) is 0 Å². The first-order valence-corrected chi connectivity index (χ1v) is 9.72. The number of aliphatic carboxylic acids is 1. The van der Waals surface area contributed by atoms with Gasteiger partial charge in [-0.25, -0.2) is 4.79 Å². The van der Waals surface area contributed by atoms with E-state index < -0.39 is 12.1 Å². The fraction of sp³-hybridized carbons (Fsp3) is 0.409. The summed E-state index contributed by atoms with van der Waals surface area (Å²) in [6, 6.07) is 13.1. The summed E-state index contributed by atoms with van der Waals surface area (Å²) in [4.78, 5) is 11.4. The normalized spacial score (nSPS) is 12.0. The Bertz CT molecular complexity index is 775. The Labute approximate surface area is 171 Å². The zero-order valence-corrected chi connectivity index (χ0v) is 17.2. The van der Waals surface area contributed by atoms with Crippen LogP contribution < -0.4 is 9.47 Å². The van der Waals surface area contributed by atoms with Crippen LogP contribution in [0.15, 0.2) is 42.5 Å². The van der Waals surface area contributed by atoms with Gasteiger partial charge in [0.05, 0.1) is 24.3 Å². The van der Waals surface area contributed by atoms with Crippen LogP contribution in [0.2, 0.25) is 5.02 Å². The van der Waals surface area contributed by atoms with Gasteiger partial charge in [0, 0.05) is 12.8 Å². The van der Waals surface area contributed by atoms with Crippen molar-refractivity contribution in [3.63, 3.8) is 0 Å². The maximum absolute atomic E-state index is 11.4. The van der Waals surface area contributed by atoms with Gasteiger partial charge in [0.15, 0.2) is 6.10 Å². The van der Waals surface area contributed by atoms with E-state index in [1.54, 1.807) is 0 Å². The molecule has 5 nitrogen and oxygen atoms in total. The Morgan fingerprint density at radius 1 is 1.11 bits per heavy atom. The molecule has 0 saturated carbocycles. The number of halogens is 1. The molecule has 0 bridgehead atoms. The van der Waals surface area contributed by atoms with Gasteiger partial charge in [-0.1, -0.05) is 29.8 Å². The Morgan fingerprint density at radius 2 is 1.86 bits per heavy atom. The second kappa shape index (κ2) is 10.9. The summed E-state index contributed by atoms with van der Waals surface area (Å²) in [6.45, 7) is 6.60. The van der Waals surface area contributed by atoms with Gasteiger partial charge < -0.3 is 19.3 Å². The number of carboxylic acid groups (broad SMARTS) is 1. The average molecular weight is 407 g/mol. The maximum atomic E-state index is 11.4. The van der Waals surface area contributed by atoms with Crippen LogP contribution in [0.1, 0.15) is 31.4 Å². The maximum Gasteiger partial charge on any atom is 0.333 e. The van der Waals surface area contributed by atoms with Gasteiger partial charge in [-0.05, 0) is 56.2 Å². The molecule has 152 valence electrons. The minimum Gasteiger partial charge on any atom is -0.493 e. The lowest BCUT2D eigenvalue weighted by atomic mass is 10.1. The van der Waals surface area contributed by atoms with Gasteiger partial charge in [0.1, 0.15) is 11.5 Å². The van der Waals surface area contributed by atoms with E-state index in [0.29, 0.717) is 42.6 Å². The summed E-state index contributed by atoms with van der Waals surface area (Å²) in [7, 11) is 0. The third-order valence-corrected chi connectivity index (χ3v) is 4.25. The van der Waals surface area contributed by atoms with Crippen molar-refractivity contribution in [3.05, 3.63) is 58.6 Å². The minimum atomic E-state index is -0.966. The zero-order chi connectivity index (χ0) is 20.5. The molecule has 0 aliphatic rings. The summed E-state index contributed by atoms with van der Waals surface area (Å²) in [6.07, 6.45) is -0.0345. The molecule has 0 aliphatic carbocycles. The third-order valence-electron chi connectivity index (χ3n) is 3.93. The van der Waals surface area contributed by atoms with Crippen molar-refractivity contribution in [2.24, 2.45) is 0 Å². The van der Waals surface area contributed by atoms with E-state index >= 15 is 0 Å². The van der Waals surface area contributed by atoms with Crippen molar-refractivity contribution in [1.29, 1.82) is 0 Å². The molecule has 0 amide bonds. The molecule has 0 fully saturated rings. The fourth-order valence-corrected chi connectivity index (χ4v) is 2.82. The Morgan fingerprint density at radius 3 is 2.57 bits per heavy atom. The van der Waals surface area contributed by atoms with Crippen molar-refractivity contribution in [2.75, 3.05) is 13.2 Å². The molecule has 0 spiro atoms. The number of benzene rings is 2. The number of ether oxygens (including phenoxy) is 3. The molecule has 0 aliphatic heterocycles. The molecule has 0 unspecified atom stereocenters. The van der Waals surface area contributed by atoms with Gasteiger partial charge in [0.25, 0.3) is 0 Å². The van der Waals surface area contributed by atoms with E-state index in [2.05, 4.69) is 0 Å². The summed E-state index contributed by atoms with van der Waals surface area (Å²) < 4.78 is 16.9. The Hall–Kier alpha value is -2.24. The first kappa shape index (κ1) is 22.1. The summed E-state index contributed by atoms with van der Waals surface area (Å²) in [5, 5.41) is 9.90. The van der Waals surface area contributed by atoms with Gasteiger partial charge in [-0.15, -0.1) is 0 Å². The standard InChI is InChI=1S/C22H27ClO5/c1-15(2)28-21(22(24)25)14-17-6-4-7-18(13-17)26-10-5-11-27-20-12-16(3)8-9-19(20)23/h4,6-9,12-13,15,21H,5,10-11,14H2,1-3H3,(H,24,25)/t21-/m0/s1. The molecule has 0 heterocycles. The molecule has 0 aromatic heterocycles. The van der Waals surface area contributed by atoms with E-state index in [-0.39, 0.29) is 6.10 Å². The molecule has 0 saturated heterocycles. The molecule has 28 heavy (non-hydrogen) atoms. The highest BCUT2D eigenvalue weighted by Crippen LogP contribution is 2.25. The van der Waals surface area contributed by atoms with Crippen LogP contribution in [-0.4, -0.2) is 36.5 Å². The van der Waals surface area contributed by atoms with E-state index in [9.17, 15) is 9.90 Å². The van der Waals surface area contributed by atoms with Crippen molar-refractivity contribution in [2.45, 2.75) is 45.8 Å². The van der Waals surface area contributed by atoms with Gasteiger partial charge >= 0.3 is 5.97 Å². The topological polar surface area (TPSA) is 65.0 Å².